The minimum Gasteiger partial charge on any atom is -0.381 e. The van der Waals surface area contributed by atoms with Gasteiger partial charge in [0.15, 0.2) is 0 Å². The number of rotatable bonds is 4. The highest BCUT2D eigenvalue weighted by molar-refractivity contribution is 4.97. The second-order valence-electron chi connectivity index (χ2n) is 8.21. The minimum atomic E-state index is 0.543. The molecular formula is C20H36O2. The molecule has 2 nitrogen and oxygen atoms in total. The van der Waals surface area contributed by atoms with Crippen molar-refractivity contribution in [2.45, 2.75) is 95.7 Å². The molecule has 3 saturated carbocycles. The predicted octanol–water partition coefficient (Wildman–Crippen LogP) is 5.35. The fourth-order valence-electron chi connectivity index (χ4n) is 6.11. The van der Waals surface area contributed by atoms with E-state index in [2.05, 4.69) is 0 Å². The van der Waals surface area contributed by atoms with Crippen molar-refractivity contribution in [2.75, 3.05) is 14.2 Å². The van der Waals surface area contributed by atoms with Crippen LogP contribution < -0.4 is 0 Å². The van der Waals surface area contributed by atoms with Crippen LogP contribution in [0.3, 0.4) is 0 Å². The van der Waals surface area contributed by atoms with Gasteiger partial charge < -0.3 is 9.47 Å². The van der Waals surface area contributed by atoms with Crippen molar-refractivity contribution in [3.8, 4) is 0 Å². The lowest BCUT2D eigenvalue weighted by Crippen LogP contribution is -2.44. The average molecular weight is 309 g/mol. The van der Waals surface area contributed by atoms with E-state index in [-0.39, 0.29) is 0 Å². The van der Waals surface area contributed by atoms with Crippen LogP contribution in [0.25, 0.3) is 0 Å². The van der Waals surface area contributed by atoms with Gasteiger partial charge in [0.2, 0.25) is 0 Å². The van der Waals surface area contributed by atoms with Crippen molar-refractivity contribution >= 4 is 0 Å². The first-order valence-electron chi connectivity index (χ1n) is 9.84. The highest BCUT2D eigenvalue weighted by Crippen LogP contribution is 2.56. The molecule has 0 aliphatic heterocycles. The lowest BCUT2D eigenvalue weighted by molar-refractivity contribution is -0.0542. The molecule has 2 heteroatoms. The largest absolute Gasteiger partial charge is 0.381 e. The molecule has 0 amide bonds. The van der Waals surface area contributed by atoms with E-state index in [9.17, 15) is 0 Å². The van der Waals surface area contributed by atoms with Gasteiger partial charge in [-0.25, -0.2) is 0 Å². The SMILES string of the molecule is COC1CCC(C2(C3CCC(OC)CC3)CCCCC2)CC1. The summed E-state index contributed by atoms with van der Waals surface area (Å²) in [5.41, 5.74) is 0.676. The number of methoxy groups -OCH3 is 2. The van der Waals surface area contributed by atoms with Crippen LogP contribution in [0, 0.1) is 17.3 Å². The molecule has 3 fully saturated rings. The Bertz CT molecular complexity index is 293. The topological polar surface area (TPSA) is 18.5 Å². The van der Waals surface area contributed by atoms with Gasteiger partial charge in [-0.3, -0.25) is 0 Å². The van der Waals surface area contributed by atoms with E-state index in [1.54, 1.807) is 0 Å². The van der Waals surface area contributed by atoms with Crippen molar-refractivity contribution in [3.63, 3.8) is 0 Å². The molecule has 0 spiro atoms. The van der Waals surface area contributed by atoms with Crippen molar-refractivity contribution in [3.05, 3.63) is 0 Å². The monoisotopic (exact) mass is 308 g/mol. The number of hydrogen-bond donors (Lipinski definition) is 0. The van der Waals surface area contributed by atoms with E-state index in [1.165, 1.54) is 83.5 Å². The fourth-order valence-corrected chi connectivity index (χ4v) is 6.11. The van der Waals surface area contributed by atoms with Crippen LogP contribution in [-0.4, -0.2) is 26.4 Å². The molecule has 0 atom stereocenters. The molecule has 3 aliphatic carbocycles. The molecule has 0 N–H and O–H groups in total. The van der Waals surface area contributed by atoms with Gasteiger partial charge in [0.1, 0.15) is 0 Å². The quantitative estimate of drug-likeness (QED) is 0.697. The van der Waals surface area contributed by atoms with Gasteiger partial charge in [0.05, 0.1) is 12.2 Å². The first-order chi connectivity index (χ1) is 10.8. The lowest BCUT2D eigenvalue weighted by Gasteiger charge is -2.53. The highest BCUT2D eigenvalue weighted by Gasteiger charge is 2.47. The molecule has 0 aromatic rings. The maximum Gasteiger partial charge on any atom is 0.0571 e. The molecule has 0 radical (unpaired) electrons. The Morgan fingerprint density at radius 1 is 0.591 bits per heavy atom. The first-order valence-corrected chi connectivity index (χ1v) is 9.84. The number of ether oxygens (including phenoxy) is 2. The van der Waals surface area contributed by atoms with E-state index in [0.29, 0.717) is 17.6 Å². The van der Waals surface area contributed by atoms with Crippen LogP contribution in [0.5, 0.6) is 0 Å². The van der Waals surface area contributed by atoms with Crippen molar-refractivity contribution in [2.24, 2.45) is 17.3 Å². The van der Waals surface area contributed by atoms with E-state index in [1.807, 2.05) is 14.2 Å². The van der Waals surface area contributed by atoms with Crippen molar-refractivity contribution in [1.82, 2.24) is 0 Å². The third-order valence-corrected chi connectivity index (χ3v) is 7.43. The Morgan fingerprint density at radius 2 is 1.00 bits per heavy atom. The number of hydrogen-bond acceptors (Lipinski definition) is 2. The van der Waals surface area contributed by atoms with Gasteiger partial charge in [0, 0.05) is 14.2 Å². The third-order valence-electron chi connectivity index (χ3n) is 7.43. The highest BCUT2D eigenvalue weighted by atomic mass is 16.5. The van der Waals surface area contributed by atoms with Gasteiger partial charge in [-0.2, -0.15) is 0 Å². The summed E-state index contributed by atoms with van der Waals surface area (Å²) in [5, 5.41) is 0. The first kappa shape index (κ1) is 16.8. The van der Waals surface area contributed by atoms with E-state index in [0.717, 1.165) is 11.8 Å². The maximum atomic E-state index is 5.62. The molecule has 0 unspecified atom stereocenters. The zero-order chi connectivity index (χ0) is 15.4. The molecule has 0 bridgehead atoms. The fraction of sp³-hybridized carbons (Fsp3) is 1.00. The molecule has 0 aromatic heterocycles. The van der Waals surface area contributed by atoms with Crippen LogP contribution in [-0.2, 0) is 9.47 Å². The van der Waals surface area contributed by atoms with Gasteiger partial charge in [-0.05, 0) is 81.5 Å². The zero-order valence-electron chi connectivity index (χ0n) is 14.8. The summed E-state index contributed by atoms with van der Waals surface area (Å²) in [4.78, 5) is 0. The summed E-state index contributed by atoms with van der Waals surface area (Å²) in [7, 11) is 3.79. The van der Waals surface area contributed by atoms with Crippen LogP contribution >= 0.6 is 0 Å². The van der Waals surface area contributed by atoms with E-state index >= 15 is 0 Å². The van der Waals surface area contributed by atoms with Crippen LogP contribution in [0.2, 0.25) is 0 Å². The Balaban J connectivity index is 1.68. The summed E-state index contributed by atoms with van der Waals surface area (Å²) in [6, 6.07) is 0. The van der Waals surface area contributed by atoms with Gasteiger partial charge in [-0.1, -0.05) is 19.3 Å². The molecule has 3 aliphatic rings. The molecule has 3 rings (SSSR count). The Kier molecular flexibility index (Phi) is 5.84. The minimum absolute atomic E-state index is 0.543. The van der Waals surface area contributed by atoms with Gasteiger partial charge >= 0.3 is 0 Å². The second-order valence-corrected chi connectivity index (χ2v) is 8.21. The Labute approximate surface area is 137 Å². The van der Waals surface area contributed by atoms with Crippen LogP contribution in [0.15, 0.2) is 0 Å². The maximum absolute atomic E-state index is 5.62. The van der Waals surface area contributed by atoms with Crippen molar-refractivity contribution < 1.29 is 9.47 Å². The molecule has 0 saturated heterocycles. The smallest absolute Gasteiger partial charge is 0.0571 e. The van der Waals surface area contributed by atoms with Crippen molar-refractivity contribution in [1.29, 1.82) is 0 Å². The van der Waals surface area contributed by atoms with Gasteiger partial charge in [-0.15, -0.1) is 0 Å². The average Bonchev–Trinajstić information content (AvgIpc) is 2.62. The van der Waals surface area contributed by atoms with Crippen LogP contribution in [0.4, 0.5) is 0 Å². The van der Waals surface area contributed by atoms with Gasteiger partial charge in [0.25, 0.3) is 0 Å². The zero-order valence-corrected chi connectivity index (χ0v) is 14.8. The Morgan fingerprint density at radius 3 is 1.36 bits per heavy atom. The summed E-state index contributed by atoms with van der Waals surface area (Å²) in [5.74, 6) is 1.95. The molecule has 128 valence electrons. The summed E-state index contributed by atoms with van der Waals surface area (Å²) in [6.45, 7) is 0. The lowest BCUT2D eigenvalue weighted by atomic mass is 9.53. The Hall–Kier alpha value is -0.0800. The predicted molar refractivity (Wildman–Crippen MR) is 91.0 cm³/mol. The summed E-state index contributed by atoms with van der Waals surface area (Å²) < 4.78 is 11.2. The van der Waals surface area contributed by atoms with Crippen LogP contribution in [0.1, 0.15) is 83.5 Å². The summed E-state index contributed by atoms with van der Waals surface area (Å²) >= 11 is 0. The van der Waals surface area contributed by atoms with E-state index < -0.39 is 0 Å². The molecule has 0 heterocycles. The molecule has 22 heavy (non-hydrogen) atoms. The normalized spacial score (nSPS) is 39.5. The molecular weight excluding hydrogens is 272 g/mol. The molecule has 0 aromatic carbocycles. The second kappa shape index (κ2) is 7.66. The standard InChI is InChI=1S/C20H36O2/c1-21-18-10-6-16(7-11-18)20(14-4-3-5-15-20)17-8-12-19(22-2)13-9-17/h16-19H,3-15H2,1-2H3. The third kappa shape index (κ3) is 3.38. The van der Waals surface area contributed by atoms with E-state index in [4.69, 9.17) is 9.47 Å². The summed E-state index contributed by atoms with van der Waals surface area (Å²) in [6.07, 6.45) is 19.4.